The number of hydroxylamine groups is 1. The van der Waals surface area contributed by atoms with Gasteiger partial charge in [-0.15, -0.1) is 0 Å². The molecule has 1 aromatic heterocycles. The number of aromatic nitrogens is 2. The molecule has 3 aromatic rings. The van der Waals surface area contributed by atoms with E-state index in [4.69, 9.17) is 21.5 Å². The number of hydrogen-bond acceptors (Lipinski definition) is 6. The molecule has 196 valence electrons. The molecule has 0 spiro atoms. The average molecular weight is 528 g/mol. The number of halogens is 1. The van der Waals surface area contributed by atoms with E-state index in [1.807, 2.05) is 31.2 Å². The third kappa shape index (κ3) is 6.03. The molecule has 0 aliphatic carbocycles. The first-order valence-corrected chi connectivity index (χ1v) is 12.3. The summed E-state index contributed by atoms with van der Waals surface area (Å²) in [5, 5.41) is 12.6. The van der Waals surface area contributed by atoms with Crippen LogP contribution in [0.5, 0.6) is 0 Å². The summed E-state index contributed by atoms with van der Waals surface area (Å²) >= 11 is 6.17. The Morgan fingerprint density at radius 2 is 1.84 bits per heavy atom. The van der Waals surface area contributed by atoms with E-state index in [0.717, 1.165) is 22.4 Å². The molecule has 1 aliphatic heterocycles. The van der Waals surface area contributed by atoms with Crippen molar-refractivity contribution in [2.75, 3.05) is 13.1 Å². The second kappa shape index (κ2) is 10.4. The summed E-state index contributed by atoms with van der Waals surface area (Å²) in [5.41, 5.74) is 4.07. The highest BCUT2D eigenvalue weighted by Crippen LogP contribution is 2.23. The minimum Gasteiger partial charge on any atom is -0.444 e. The molecule has 0 unspecified atom stereocenters. The molecule has 2 aromatic carbocycles. The summed E-state index contributed by atoms with van der Waals surface area (Å²) in [4.78, 5) is 43.6. The lowest BCUT2D eigenvalue weighted by molar-refractivity contribution is -0.133. The first kappa shape index (κ1) is 26.4. The molecule has 1 saturated heterocycles. The van der Waals surface area contributed by atoms with Crippen molar-refractivity contribution >= 4 is 40.5 Å². The maximum absolute atomic E-state index is 13.0. The van der Waals surface area contributed by atoms with Crippen molar-refractivity contribution in [2.24, 2.45) is 5.92 Å². The Hall–Kier alpha value is -3.63. The Morgan fingerprint density at radius 1 is 1.14 bits per heavy atom. The quantitative estimate of drug-likeness (QED) is 0.344. The molecule has 1 fully saturated rings. The van der Waals surface area contributed by atoms with E-state index in [-0.39, 0.29) is 13.1 Å². The number of likely N-dealkylation sites (tertiary alicyclic amines) is 1. The second-order valence-electron chi connectivity index (χ2n) is 10.1. The van der Waals surface area contributed by atoms with Crippen LogP contribution >= 0.6 is 11.6 Å². The van der Waals surface area contributed by atoms with E-state index in [9.17, 15) is 14.4 Å². The third-order valence-electron chi connectivity index (χ3n) is 6.19. The lowest BCUT2D eigenvalue weighted by Crippen LogP contribution is -2.45. The van der Waals surface area contributed by atoms with Crippen molar-refractivity contribution in [3.05, 3.63) is 64.4 Å². The first-order chi connectivity index (χ1) is 17.4. The zero-order chi connectivity index (χ0) is 26.9. The summed E-state index contributed by atoms with van der Waals surface area (Å²) < 4.78 is 7.44. The van der Waals surface area contributed by atoms with Gasteiger partial charge < -0.3 is 19.5 Å². The van der Waals surface area contributed by atoms with Crippen molar-refractivity contribution in [1.82, 2.24) is 25.2 Å². The molecule has 2 atom stereocenters. The average Bonchev–Trinajstić information content (AvgIpc) is 3.39. The summed E-state index contributed by atoms with van der Waals surface area (Å²) in [7, 11) is 0. The van der Waals surface area contributed by atoms with Crippen molar-refractivity contribution < 1.29 is 24.3 Å². The second-order valence-corrected chi connectivity index (χ2v) is 10.6. The Morgan fingerprint density at radius 3 is 2.49 bits per heavy atom. The SMILES string of the molecule is Cc1nc2ccc(Cl)cc2n1Cc1ccc(C(=O)N[C@@H]2CN(C(=O)OC(C)(C)C)C[C@@H]2C(=O)NO)cc1. The summed E-state index contributed by atoms with van der Waals surface area (Å²) in [6.45, 7) is 7.79. The number of ether oxygens (including phenoxy) is 1. The van der Waals surface area contributed by atoms with Gasteiger partial charge in [-0.3, -0.25) is 14.8 Å². The molecule has 0 saturated carbocycles. The number of nitrogens with zero attached hydrogens (tertiary/aromatic N) is 3. The molecule has 3 amide bonds. The number of aryl methyl sites for hydroxylation is 1. The van der Waals surface area contributed by atoms with Crippen molar-refractivity contribution in [1.29, 1.82) is 0 Å². The predicted octanol–water partition coefficient (Wildman–Crippen LogP) is 3.52. The van der Waals surface area contributed by atoms with Crippen LogP contribution in [-0.2, 0) is 16.1 Å². The largest absolute Gasteiger partial charge is 0.444 e. The van der Waals surface area contributed by atoms with Crippen LogP contribution < -0.4 is 10.8 Å². The number of imidazole rings is 1. The molecule has 3 N–H and O–H groups in total. The Balaban J connectivity index is 1.45. The molecular weight excluding hydrogens is 498 g/mol. The minimum absolute atomic E-state index is 0.00736. The molecule has 4 rings (SSSR count). The van der Waals surface area contributed by atoms with Gasteiger partial charge in [-0.2, -0.15) is 0 Å². The zero-order valence-corrected chi connectivity index (χ0v) is 21.9. The number of amides is 3. The number of fused-ring (bicyclic) bond motifs is 1. The van der Waals surface area contributed by atoms with Crippen LogP contribution in [0.3, 0.4) is 0 Å². The van der Waals surface area contributed by atoms with Gasteiger partial charge in [-0.25, -0.2) is 15.3 Å². The lowest BCUT2D eigenvalue weighted by Gasteiger charge is -2.24. The highest BCUT2D eigenvalue weighted by atomic mass is 35.5. The fourth-order valence-corrected chi connectivity index (χ4v) is 4.55. The number of benzene rings is 2. The van der Waals surface area contributed by atoms with Crippen LogP contribution in [0.25, 0.3) is 11.0 Å². The van der Waals surface area contributed by atoms with E-state index < -0.39 is 35.5 Å². The molecule has 37 heavy (non-hydrogen) atoms. The number of hydrogen-bond donors (Lipinski definition) is 3. The van der Waals surface area contributed by atoms with E-state index in [1.165, 1.54) is 4.90 Å². The fraction of sp³-hybridized carbons (Fsp3) is 0.385. The van der Waals surface area contributed by atoms with Crippen LogP contribution in [-0.4, -0.2) is 62.3 Å². The minimum atomic E-state index is -0.829. The summed E-state index contributed by atoms with van der Waals surface area (Å²) in [6, 6.07) is 12.0. The van der Waals surface area contributed by atoms with Crippen LogP contribution in [0.15, 0.2) is 42.5 Å². The van der Waals surface area contributed by atoms with Crippen LogP contribution in [0.2, 0.25) is 5.02 Å². The number of carbonyl (C=O) groups excluding carboxylic acids is 3. The smallest absolute Gasteiger partial charge is 0.410 e. The third-order valence-corrected chi connectivity index (χ3v) is 6.43. The normalized spacial score (nSPS) is 17.6. The maximum atomic E-state index is 13.0. The lowest BCUT2D eigenvalue weighted by atomic mass is 10.0. The van der Waals surface area contributed by atoms with Crippen molar-refractivity contribution in [3.63, 3.8) is 0 Å². The monoisotopic (exact) mass is 527 g/mol. The van der Waals surface area contributed by atoms with Gasteiger partial charge in [0.25, 0.3) is 5.91 Å². The predicted molar refractivity (Wildman–Crippen MR) is 138 cm³/mol. The zero-order valence-electron chi connectivity index (χ0n) is 21.1. The number of nitrogens with one attached hydrogen (secondary N) is 2. The molecule has 2 heterocycles. The topological polar surface area (TPSA) is 126 Å². The molecular formula is C26H30ClN5O5. The molecule has 1 aliphatic rings. The first-order valence-electron chi connectivity index (χ1n) is 11.9. The Labute approximate surface area is 219 Å². The van der Waals surface area contributed by atoms with Gasteiger partial charge in [0.15, 0.2) is 0 Å². The van der Waals surface area contributed by atoms with E-state index in [2.05, 4.69) is 14.9 Å². The van der Waals surface area contributed by atoms with Crippen molar-refractivity contribution in [3.8, 4) is 0 Å². The van der Waals surface area contributed by atoms with Crippen molar-refractivity contribution in [2.45, 2.75) is 45.9 Å². The van der Waals surface area contributed by atoms with Gasteiger partial charge in [-0.1, -0.05) is 23.7 Å². The molecule has 0 radical (unpaired) electrons. The Bertz CT molecular complexity index is 1330. The maximum Gasteiger partial charge on any atom is 0.410 e. The van der Waals surface area contributed by atoms with Gasteiger partial charge in [0, 0.05) is 30.2 Å². The number of rotatable bonds is 5. The van der Waals surface area contributed by atoms with Gasteiger partial charge in [0.1, 0.15) is 11.4 Å². The van der Waals surface area contributed by atoms with Gasteiger partial charge in [0.2, 0.25) is 5.91 Å². The molecule has 0 bridgehead atoms. The van der Waals surface area contributed by atoms with Crippen LogP contribution in [0.1, 0.15) is 42.5 Å². The molecule has 11 heteroatoms. The summed E-state index contributed by atoms with van der Waals surface area (Å²) in [6.07, 6.45) is -0.590. The van der Waals surface area contributed by atoms with Gasteiger partial charge in [0.05, 0.1) is 23.0 Å². The van der Waals surface area contributed by atoms with E-state index in [0.29, 0.717) is 17.1 Å². The Kier molecular flexibility index (Phi) is 7.42. The molecule has 10 nitrogen and oxygen atoms in total. The van der Waals surface area contributed by atoms with E-state index >= 15 is 0 Å². The van der Waals surface area contributed by atoms with E-state index in [1.54, 1.807) is 44.5 Å². The van der Waals surface area contributed by atoms with Gasteiger partial charge >= 0.3 is 6.09 Å². The standard InChI is InChI=1S/C26H30ClN5O5/c1-15-28-20-10-9-18(27)11-22(20)32(15)12-16-5-7-17(8-6-16)23(33)29-21-14-31(13-19(21)24(34)30-36)25(35)37-26(2,3)4/h5-11,19,21,36H,12-14H2,1-4H3,(H,29,33)(H,30,34)/t19-,21+/m0/s1. The van der Waals surface area contributed by atoms with Gasteiger partial charge in [-0.05, 0) is 63.6 Å². The highest BCUT2D eigenvalue weighted by molar-refractivity contribution is 6.31. The highest BCUT2D eigenvalue weighted by Gasteiger charge is 2.41. The summed E-state index contributed by atoms with van der Waals surface area (Å²) in [5.74, 6) is -1.06. The van der Waals surface area contributed by atoms with Crippen LogP contribution in [0.4, 0.5) is 4.79 Å². The fourth-order valence-electron chi connectivity index (χ4n) is 4.39. The van der Waals surface area contributed by atoms with Crippen LogP contribution in [0, 0.1) is 12.8 Å². The number of carbonyl (C=O) groups is 3.